The van der Waals surface area contributed by atoms with E-state index in [1.165, 1.54) is 0 Å². The van der Waals surface area contributed by atoms with Crippen molar-refractivity contribution < 1.29 is 5.32 Å². The Morgan fingerprint density at radius 1 is 1.73 bits per heavy atom. The molecule has 0 aliphatic carbocycles. The minimum atomic E-state index is 0.109. The van der Waals surface area contributed by atoms with Crippen molar-refractivity contribution >= 4 is 0 Å². The summed E-state index contributed by atoms with van der Waals surface area (Å²) >= 11 is 0. The second kappa shape index (κ2) is 6.19. The molecule has 0 saturated heterocycles. The largest absolute Gasteiger partial charge is 0.383 e. The molecule has 3 nitrogen and oxygen atoms in total. The molecule has 0 aromatic heterocycles. The molecule has 0 bridgehead atoms. The van der Waals surface area contributed by atoms with Gasteiger partial charge in [0.1, 0.15) is 6.20 Å². The van der Waals surface area contributed by atoms with E-state index in [2.05, 4.69) is 12.2 Å². The van der Waals surface area contributed by atoms with Crippen LogP contribution in [0.5, 0.6) is 0 Å². The fourth-order valence-corrected chi connectivity index (χ4v) is 0.821. The van der Waals surface area contributed by atoms with E-state index < -0.39 is 0 Å². The van der Waals surface area contributed by atoms with Gasteiger partial charge in [-0.05, 0) is 13.3 Å². The Bertz CT molecular complexity index is 119. The molecule has 0 aromatic carbocycles. The maximum Gasteiger partial charge on any atom is 0.113 e. The number of quaternary nitrogens is 1. The van der Waals surface area contributed by atoms with Gasteiger partial charge in [0.25, 0.3) is 0 Å². The number of nitrogens with two attached hydrogens (primary N) is 2. The summed E-state index contributed by atoms with van der Waals surface area (Å²) in [5, 5.41) is 5.28. The van der Waals surface area contributed by atoms with Crippen LogP contribution >= 0.6 is 0 Å². The zero-order chi connectivity index (χ0) is 8.69. The summed E-state index contributed by atoms with van der Waals surface area (Å²) in [5.41, 5.74) is 6.83. The minimum absolute atomic E-state index is 0.109. The number of hydrogen-bond acceptors (Lipinski definition) is 2. The van der Waals surface area contributed by atoms with E-state index in [-0.39, 0.29) is 6.04 Å². The van der Waals surface area contributed by atoms with Gasteiger partial charge in [0.05, 0.1) is 12.7 Å². The molecule has 1 unspecified atom stereocenters. The summed E-state index contributed by atoms with van der Waals surface area (Å²) in [6.07, 6.45) is 3.16. The molecule has 0 heterocycles. The average molecular weight is 158 g/mol. The van der Waals surface area contributed by atoms with Crippen molar-refractivity contribution in [1.82, 2.24) is 5.32 Å². The molecule has 0 spiro atoms. The highest BCUT2D eigenvalue weighted by Crippen LogP contribution is 1.90. The number of hydrogen-bond donors (Lipinski definition) is 3. The lowest BCUT2D eigenvalue weighted by atomic mass is 10.2. The van der Waals surface area contributed by atoms with E-state index in [1.807, 2.05) is 25.5 Å². The molecular formula is C8H20N3+. The fraction of sp³-hybridized carbons (Fsp3) is 0.750. The first-order valence-electron chi connectivity index (χ1n) is 4.21. The molecule has 66 valence electrons. The molecule has 0 radical (unpaired) electrons. The fourth-order valence-electron chi connectivity index (χ4n) is 0.821. The topological polar surface area (TPSA) is 54.7 Å². The standard InChI is InChI=1S/C8H19N3/c1-4-5-11-8(6-10-3)7(2)9/h6-7,10-11H,4-5,9H2,1-3H3/p+1/b8-6-. The van der Waals surface area contributed by atoms with Gasteiger partial charge in [-0.2, -0.15) is 0 Å². The second-order valence-electron chi connectivity index (χ2n) is 2.67. The van der Waals surface area contributed by atoms with Crippen molar-refractivity contribution in [2.24, 2.45) is 5.73 Å². The molecule has 11 heavy (non-hydrogen) atoms. The third-order valence-corrected chi connectivity index (χ3v) is 1.42. The number of rotatable bonds is 5. The summed E-state index contributed by atoms with van der Waals surface area (Å²) in [4.78, 5) is 0. The van der Waals surface area contributed by atoms with Gasteiger partial charge in [-0.15, -0.1) is 0 Å². The second-order valence-corrected chi connectivity index (χ2v) is 2.67. The van der Waals surface area contributed by atoms with Crippen LogP contribution in [-0.2, 0) is 0 Å². The van der Waals surface area contributed by atoms with Gasteiger partial charge >= 0.3 is 0 Å². The van der Waals surface area contributed by atoms with Crippen LogP contribution in [-0.4, -0.2) is 19.6 Å². The zero-order valence-corrected chi connectivity index (χ0v) is 7.72. The van der Waals surface area contributed by atoms with E-state index in [1.54, 1.807) is 0 Å². The van der Waals surface area contributed by atoms with Crippen LogP contribution in [0.1, 0.15) is 20.3 Å². The summed E-state index contributed by atoms with van der Waals surface area (Å²) in [6.45, 7) is 5.13. The summed E-state index contributed by atoms with van der Waals surface area (Å²) in [5.74, 6) is 0. The van der Waals surface area contributed by atoms with E-state index in [0.717, 1.165) is 18.7 Å². The van der Waals surface area contributed by atoms with Crippen LogP contribution in [0.2, 0.25) is 0 Å². The van der Waals surface area contributed by atoms with Crippen molar-refractivity contribution in [2.45, 2.75) is 26.3 Å². The Hall–Kier alpha value is -0.540. The first-order valence-corrected chi connectivity index (χ1v) is 4.21. The lowest BCUT2D eigenvalue weighted by molar-refractivity contribution is -0.557. The maximum atomic E-state index is 5.71. The lowest BCUT2D eigenvalue weighted by Gasteiger charge is -2.11. The quantitative estimate of drug-likeness (QED) is 0.499. The van der Waals surface area contributed by atoms with Crippen LogP contribution in [0.15, 0.2) is 11.9 Å². The van der Waals surface area contributed by atoms with Gasteiger partial charge < -0.3 is 16.4 Å². The van der Waals surface area contributed by atoms with Gasteiger partial charge in [0.15, 0.2) is 0 Å². The molecule has 0 fully saturated rings. The van der Waals surface area contributed by atoms with Gasteiger partial charge in [-0.1, -0.05) is 6.92 Å². The van der Waals surface area contributed by atoms with Gasteiger partial charge in [-0.3, -0.25) is 0 Å². The highest BCUT2D eigenvalue weighted by molar-refractivity contribution is 5.01. The van der Waals surface area contributed by atoms with Crippen molar-refractivity contribution in [3.8, 4) is 0 Å². The van der Waals surface area contributed by atoms with Crippen molar-refractivity contribution in [2.75, 3.05) is 13.6 Å². The van der Waals surface area contributed by atoms with Gasteiger partial charge in [0.2, 0.25) is 0 Å². The highest BCUT2D eigenvalue weighted by atomic mass is 14.9. The van der Waals surface area contributed by atoms with Crippen LogP contribution in [0.4, 0.5) is 0 Å². The lowest BCUT2D eigenvalue weighted by Crippen LogP contribution is -2.73. The highest BCUT2D eigenvalue weighted by Gasteiger charge is 2.02. The summed E-state index contributed by atoms with van der Waals surface area (Å²) in [7, 11) is 2.00. The first kappa shape index (κ1) is 10.5. The molecule has 3 heteroatoms. The van der Waals surface area contributed by atoms with Gasteiger partial charge in [0, 0.05) is 12.6 Å². The van der Waals surface area contributed by atoms with E-state index in [9.17, 15) is 0 Å². The zero-order valence-electron chi connectivity index (χ0n) is 7.72. The Morgan fingerprint density at radius 2 is 2.36 bits per heavy atom. The first-order chi connectivity index (χ1) is 5.22. The molecule has 0 rings (SSSR count). The summed E-state index contributed by atoms with van der Waals surface area (Å²) in [6, 6.07) is 0.109. The Labute approximate surface area is 69.0 Å². The molecule has 0 saturated carbocycles. The predicted molar refractivity (Wildman–Crippen MR) is 47.9 cm³/mol. The third-order valence-electron chi connectivity index (χ3n) is 1.42. The molecule has 0 aromatic rings. The van der Waals surface area contributed by atoms with E-state index in [4.69, 9.17) is 5.73 Å². The molecular weight excluding hydrogens is 138 g/mol. The molecule has 5 N–H and O–H groups in total. The normalized spacial score (nSPS) is 14.7. The van der Waals surface area contributed by atoms with E-state index in [0.29, 0.717) is 0 Å². The molecule has 0 aliphatic heterocycles. The predicted octanol–water partition coefficient (Wildman–Crippen LogP) is -0.632. The Morgan fingerprint density at radius 3 is 2.73 bits per heavy atom. The van der Waals surface area contributed by atoms with Crippen LogP contribution in [0.25, 0.3) is 0 Å². The monoisotopic (exact) mass is 158 g/mol. The van der Waals surface area contributed by atoms with E-state index >= 15 is 0 Å². The number of nitrogens with one attached hydrogen (secondary N) is 1. The van der Waals surface area contributed by atoms with Gasteiger partial charge in [-0.25, -0.2) is 0 Å². The van der Waals surface area contributed by atoms with Crippen molar-refractivity contribution in [3.63, 3.8) is 0 Å². The summed E-state index contributed by atoms with van der Waals surface area (Å²) < 4.78 is 0. The van der Waals surface area contributed by atoms with Crippen molar-refractivity contribution in [1.29, 1.82) is 0 Å². The molecule has 0 amide bonds. The molecule has 1 atom stereocenters. The third kappa shape index (κ3) is 4.81. The van der Waals surface area contributed by atoms with Crippen LogP contribution in [0, 0.1) is 0 Å². The Kier molecular flexibility index (Phi) is 5.88. The maximum absolute atomic E-state index is 5.71. The SMILES string of the molecule is CCCN/C(=C\[NH2+]C)C(C)N. The van der Waals surface area contributed by atoms with Crippen LogP contribution in [0.3, 0.4) is 0 Å². The van der Waals surface area contributed by atoms with Crippen molar-refractivity contribution in [3.05, 3.63) is 11.9 Å². The minimum Gasteiger partial charge on any atom is -0.383 e. The van der Waals surface area contributed by atoms with Crippen LogP contribution < -0.4 is 16.4 Å². The Balaban J connectivity index is 3.80. The molecule has 0 aliphatic rings. The average Bonchev–Trinajstić information content (AvgIpc) is 1.97. The smallest absolute Gasteiger partial charge is 0.113 e.